The van der Waals surface area contributed by atoms with Gasteiger partial charge in [0.25, 0.3) is 0 Å². The van der Waals surface area contributed by atoms with Crippen molar-refractivity contribution in [3.05, 3.63) is 22.2 Å². The second-order valence-electron chi connectivity index (χ2n) is 3.31. The lowest BCUT2D eigenvalue weighted by atomic mass is 10.1. The molecule has 18 heavy (non-hydrogen) atoms. The first-order chi connectivity index (χ1) is 8.45. The van der Waals surface area contributed by atoms with Crippen molar-refractivity contribution in [1.29, 1.82) is 0 Å². The monoisotopic (exact) mass is 323 g/mol. The third-order valence-corrected chi connectivity index (χ3v) is 2.76. The summed E-state index contributed by atoms with van der Waals surface area (Å²) in [6.07, 6.45) is -0.173. The Morgan fingerprint density at radius 1 is 1.50 bits per heavy atom. The number of ether oxygens (including phenoxy) is 2. The number of carbonyl (C=O) groups is 1. The van der Waals surface area contributed by atoms with Gasteiger partial charge in [0.05, 0.1) is 18.7 Å². The highest BCUT2D eigenvalue weighted by Crippen LogP contribution is 2.34. The van der Waals surface area contributed by atoms with E-state index in [0.29, 0.717) is 4.47 Å². The zero-order valence-corrected chi connectivity index (χ0v) is 11.2. The maximum atomic E-state index is 12.3. The van der Waals surface area contributed by atoms with Gasteiger partial charge in [-0.05, 0) is 28.9 Å². The van der Waals surface area contributed by atoms with Gasteiger partial charge < -0.3 is 15.2 Å². The number of halogens is 3. The molecule has 0 aliphatic rings. The second kappa shape index (κ2) is 6.53. The summed E-state index contributed by atoms with van der Waals surface area (Å²) in [4.78, 5) is 11.3. The van der Waals surface area contributed by atoms with Gasteiger partial charge in [0.2, 0.25) is 0 Å². The van der Waals surface area contributed by atoms with E-state index in [0.717, 1.165) is 0 Å². The summed E-state index contributed by atoms with van der Waals surface area (Å²) in [5, 5.41) is 0. The van der Waals surface area contributed by atoms with Crippen LogP contribution in [0, 0.1) is 0 Å². The third-order valence-electron chi connectivity index (χ3n) is 2.07. The number of anilines is 1. The summed E-state index contributed by atoms with van der Waals surface area (Å²) in [6, 6.07) is 3.04. The standard InChI is InChI=1S/C11H12BrF2NO3/c1-2-17-8(16)5-6-3-4-7(12)9(15)10(6)18-11(13)14/h3-4,11H,2,5,15H2,1H3. The van der Waals surface area contributed by atoms with E-state index < -0.39 is 12.6 Å². The third kappa shape index (κ3) is 3.83. The summed E-state index contributed by atoms with van der Waals surface area (Å²) < 4.78 is 34.1. The number of carbonyl (C=O) groups excluding carboxylic acids is 1. The zero-order valence-electron chi connectivity index (χ0n) is 9.58. The van der Waals surface area contributed by atoms with Crippen LogP contribution in [0.1, 0.15) is 12.5 Å². The summed E-state index contributed by atoms with van der Waals surface area (Å²) in [6.45, 7) is -1.14. The van der Waals surface area contributed by atoms with E-state index in [1.807, 2.05) is 0 Å². The van der Waals surface area contributed by atoms with Crippen LogP contribution in [-0.4, -0.2) is 19.2 Å². The van der Waals surface area contributed by atoms with Gasteiger partial charge >= 0.3 is 12.6 Å². The molecule has 0 aliphatic carbocycles. The summed E-state index contributed by atoms with van der Waals surface area (Å²) in [5.41, 5.74) is 5.91. The van der Waals surface area contributed by atoms with Crippen molar-refractivity contribution in [3.63, 3.8) is 0 Å². The zero-order chi connectivity index (χ0) is 13.7. The number of nitrogen functional groups attached to an aromatic ring is 1. The molecule has 4 nitrogen and oxygen atoms in total. The van der Waals surface area contributed by atoms with Gasteiger partial charge in [-0.15, -0.1) is 0 Å². The molecule has 0 fully saturated rings. The average Bonchev–Trinajstić information content (AvgIpc) is 2.28. The molecule has 0 spiro atoms. The molecule has 1 aromatic carbocycles. The fourth-order valence-electron chi connectivity index (χ4n) is 1.36. The Labute approximate surface area is 111 Å². The van der Waals surface area contributed by atoms with E-state index >= 15 is 0 Å². The number of esters is 1. The van der Waals surface area contributed by atoms with Crippen molar-refractivity contribution in [2.24, 2.45) is 0 Å². The Morgan fingerprint density at radius 2 is 2.17 bits per heavy atom. The molecule has 100 valence electrons. The quantitative estimate of drug-likeness (QED) is 0.668. The second-order valence-corrected chi connectivity index (χ2v) is 4.16. The van der Waals surface area contributed by atoms with Crippen LogP contribution in [0.15, 0.2) is 16.6 Å². The van der Waals surface area contributed by atoms with Crippen molar-refractivity contribution in [1.82, 2.24) is 0 Å². The molecule has 0 aromatic heterocycles. The Balaban J connectivity index is 3.02. The Morgan fingerprint density at radius 3 is 2.72 bits per heavy atom. The van der Waals surface area contributed by atoms with E-state index in [2.05, 4.69) is 20.7 Å². The van der Waals surface area contributed by atoms with Crippen LogP contribution >= 0.6 is 15.9 Å². The molecule has 0 saturated carbocycles. The van der Waals surface area contributed by atoms with E-state index in [9.17, 15) is 13.6 Å². The molecular weight excluding hydrogens is 312 g/mol. The summed E-state index contributed by atoms with van der Waals surface area (Å²) >= 11 is 3.10. The van der Waals surface area contributed by atoms with E-state index in [1.54, 1.807) is 13.0 Å². The molecule has 0 atom stereocenters. The van der Waals surface area contributed by atoms with E-state index in [4.69, 9.17) is 10.5 Å². The number of alkyl halides is 2. The van der Waals surface area contributed by atoms with Gasteiger partial charge in [0.15, 0.2) is 5.75 Å². The van der Waals surface area contributed by atoms with Crippen LogP contribution in [0.3, 0.4) is 0 Å². The molecular formula is C11H12BrF2NO3. The van der Waals surface area contributed by atoms with Crippen LogP contribution in [0.4, 0.5) is 14.5 Å². The van der Waals surface area contributed by atoms with Gasteiger partial charge in [-0.25, -0.2) is 0 Å². The van der Waals surface area contributed by atoms with Crippen LogP contribution in [0.2, 0.25) is 0 Å². The van der Waals surface area contributed by atoms with Crippen LogP contribution in [0.5, 0.6) is 5.75 Å². The largest absolute Gasteiger partial charge is 0.466 e. The first kappa shape index (κ1) is 14.7. The predicted molar refractivity (Wildman–Crippen MR) is 65.5 cm³/mol. The molecule has 7 heteroatoms. The summed E-state index contributed by atoms with van der Waals surface area (Å²) in [7, 11) is 0. The number of nitrogens with two attached hydrogens (primary N) is 1. The topological polar surface area (TPSA) is 61.5 Å². The summed E-state index contributed by atoms with van der Waals surface area (Å²) in [5.74, 6) is -0.731. The predicted octanol–water partition coefficient (Wildman–Crippen LogP) is 2.74. The lowest BCUT2D eigenvalue weighted by molar-refractivity contribution is -0.142. The molecule has 0 radical (unpaired) electrons. The minimum Gasteiger partial charge on any atom is -0.466 e. The van der Waals surface area contributed by atoms with Gasteiger partial charge in [-0.2, -0.15) is 8.78 Å². The van der Waals surface area contributed by atoms with Gasteiger partial charge in [-0.1, -0.05) is 6.07 Å². The average molecular weight is 324 g/mol. The number of rotatable bonds is 5. The molecule has 0 saturated heterocycles. The van der Waals surface area contributed by atoms with E-state index in [1.165, 1.54) is 6.07 Å². The normalized spacial score (nSPS) is 10.5. The van der Waals surface area contributed by atoms with Crippen molar-refractivity contribution in [3.8, 4) is 5.75 Å². The fraction of sp³-hybridized carbons (Fsp3) is 0.364. The molecule has 0 amide bonds. The van der Waals surface area contributed by atoms with Gasteiger partial charge in [0.1, 0.15) is 0 Å². The Hall–Kier alpha value is -1.37. The first-order valence-corrected chi connectivity index (χ1v) is 5.92. The molecule has 0 bridgehead atoms. The molecule has 2 N–H and O–H groups in total. The minimum absolute atomic E-state index is 0.0251. The Kier molecular flexibility index (Phi) is 5.33. The molecule has 0 unspecified atom stereocenters. The SMILES string of the molecule is CCOC(=O)Cc1ccc(Br)c(N)c1OC(F)F. The lowest BCUT2D eigenvalue weighted by Crippen LogP contribution is -2.12. The highest BCUT2D eigenvalue weighted by molar-refractivity contribution is 9.10. The Bertz CT molecular complexity index is 441. The van der Waals surface area contributed by atoms with Crippen molar-refractivity contribution in [2.45, 2.75) is 20.0 Å². The van der Waals surface area contributed by atoms with Crippen molar-refractivity contribution in [2.75, 3.05) is 12.3 Å². The fourth-order valence-corrected chi connectivity index (χ4v) is 1.67. The lowest BCUT2D eigenvalue weighted by Gasteiger charge is -2.13. The van der Waals surface area contributed by atoms with Gasteiger partial charge in [-0.3, -0.25) is 4.79 Å². The van der Waals surface area contributed by atoms with Crippen molar-refractivity contribution >= 4 is 27.6 Å². The molecule has 0 aliphatic heterocycles. The number of hydrogen-bond donors (Lipinski definition) is 1. The number of benzene rings is 1. The minimum atomic E-state index is -3.01. The smallest absolute Gasteiger partial charge is 0.387 e. The highest BCUT2D eigenvalue weighted by atomic mass is 79.9. The highest BCUT2D eigenvalue weighted by Gasteiger charge is 2.17. The van der Waals surface area contributed by atoms with Crippen molar-refractivity contribution < 1.29 is 23.0 Å². The van der Waals surface area contributed by atoms with Crippen LogP contribution in [0.25, 0.3) is 0 Å². The van der Waals surface area contributed by atoms with Crippen LogP contribution < -0.4 is 10.5 Å². The number of hydrogen-bond acceptors (Lipinski definition) is 4. The van der Waals surface area contributed by atoms with E-state index in [-0.39, 0.29) is 30.0 Å². The van der Waals surface area contributed by atoms with Gasteiger partial charge in [0, 0.05) is 10.0 Å². The molecule has 1 aromatic rings. The molecule has 1 rings (SSSR count). The maximum Gasteiger partial charge on any atom is 0.387 e. The maximum absolute atomic E-state index is 12.3. The first-order valence-electron chi connectivity index (χ1n) is 5.13. The molecule has 0 heterocycles. The van der Waals surface area contributed by atoms with Crippen LogP contribution in [-0.2, 0) is 16.0 Å².